The zero-order valence-corrected chi connectivity index (χ0v) is 29.1. The molecular formula is C31H55NO6Si2. The summed E-state index contributed by atoms with van der Waals surface area (Å²) in [7, 11) is -4.06. The van der Waals surface area contributed by atoms with Crippen molar-refractivity contribution in [2.75, 3.05) is 0 Å². The lowest BCUT2D eigenvalue weighted by Gasteiger charge is -2.48. The van der Waals surface area contributed by atoms with Crippen LogP contribution in [0.1, 0.15) is 80.2 Å². The van der Waals surface area contributed by atoms with Gasteiger partial charge in [0.25, 0.3) is 0 Å². The number of carbonyl (C=O) groups excluding carboxylic acids is 1. The molecule has 1 saturated heterocycles. The number of nitrogens with zero attached hydrogens (tertiary/aromatic N) is 1. The molecule has 0 aromatic carbocycles. The first kappa shape index (κ1) is 34.8. The van der Waals surface area contributed by atoms with Crippen LogP contribution in [0.25, 0.3) is 0 Å². The monoisotopic (exact) mass is 593 g/mol. The van der Waals surface area contributed by atoms with Crippen molar-refractivity contribution >= 4 is 22.6 Å². The highest BCUT2D eigenvalue weighted by atomic mass is 28.4. The third-order valence-electron chi connectivity index (χ3n) is 8.61. The summed E-state index contributed by atoms with van der Waals surface area (Å²) in [4.78, 5) is 16.1. The van der Waals surface area contributed by atoms with Crippen LogP contribution >= 0.6 is 0 Å². The summed E-state index contributed by atoms with van der Waals surface area (Å²) in [5.74, 6) is -0.363. The van der Waals surface area contributed by atoms with E-state index in [2.05, 4.69) is 79.6 Å². The highest BCUT2D eigenvalue weighted by Crippen LogP contribution is 2.42. The van der Waals surface area contributed by atoms with E-state index in [-0.39, 0.29) is 47.1 Å². The van der Waals surface area contributed by atoms with E-state index >= 15 is 0 Å². The molecule has 0 spiro atoms. The lowest BCUT2D eigenvalue weighted by molar-refractivity contribution is -0.268. The summed E-state index contributed by atoms with van der Waals surface area (Å²) in [5.41, 5.74) is 0.861. The van der Waals surface area contributed by atoms with Crippen molar-refractivity contribution in [3.63, 3.8) is 0 Å². The van der Waals surface area contributed by atoms with Crippen molar-refractivity contribution in [3.8, 4) is 0 Å². The van der Waals surface area contributed by atoms with E-state index < -0.39 is 22.9 Å². The molecule has 1 aromatic rings. The van der Waals surface area contributed by atoms with Crippen molar-refractivity contribution < 1.29 is 27.9 Å². The minimum atomic E-state index is -2.08. The standard InChI is InChI=1S/C31H55NO6Si2/c1-23(16-13-14-18-28(33)34-22-25-17-15-19-32-21-25)35-29-27(38-40(11,12)31(6,7)8)20-26(24(2)36-29)37-39(9,10)30(3,4)5/h14-15,17-19,21,23-24,26-27,29H,13,16,20,22H2,1-12H3/b18-14+/t23-,24+,26-,27-,29-/m1/s1. The van der Waals surface area contributed by atoms with Gasteiger partial charge in [0.15, 0.2) is 22.9 Å². The number of allylic oxidation sites excluding steroid dienone is 1. The van der Waals surface area contributed by atoms with Crippen molar-refractivity contribution in [1.82, 2.24) is 4.98 Å². The Morgan fingerprint density at radius 3 is 2.23 bits per heavy atom. The molecule has 2 rings (SSSR count). The Bertz CT molecular complexity index is 955. The average molecular weight is 594 g/mol. The van der Waals surface area contributed by atoms with Crippen LogP contribution in [0.2, 0.25) is 36.3 Å². The normalized spacial score (nSPS) is 23.8. The zero-order valence-electron chi connectivity index (χ0n) is 27.1. The van der Waals surface area contributed by atoms with Crippen molar-refractivity contribution in [3.05, 3.63) is 42.2 Å². The van der Waals surface area contributed by atoms with Gasteiger partial charge in [-0.05, 0) is 69.0 Å². The van der Waals surface area contributed by atoms with Gasteiger partial charge in [-0.15, -0.1) is 0 Å². The summed E-state index contributed by atoms with van der Waals surface area (Å²) < 4.78 is 32.0. The van der Waals surface area contributed by atoms with Crippen LogP contribution in [0.15, 0.2) is 36.7 Å². The summed E-state index contributed by atoms with van der Waals surface area (Å²) >= 11 is 0. The fraction of sp³-hybridized carbons (Fsp3) is 0.742. The molecule has 2 heterocycles. The Morgan fingerprint density at radius 1 is 1.07 bits per heavy atom. The number of hydrogen-bond donors (Lipinski definition) is 0. The first-order chi connectivity index (χ1) is 18.3. The van der Waals surface area contributed by atoms with Gasteiger partial charge < -0.3 is 23.1 Å². The lowest BCUT2D eigenvalue weighted by Crippen LogP contribution is -2.57. The lowest BCUT2D eigenvalue weighted by atomic mass is 10.0. The highest BCUT2D eigenvalue weighted by Gasteiger charge is 2.48. The minimum Gasteiger partial charge on any atom is -0.458 e. The van der Waals surface area contributed by atoms with E-state index in [0.717, 1.165) is 18.4 Å². The van der Waals surface area contributed by atoms with Gasteiger partial charge in [-0.1, -0.05) is 53.7 Å². The number of aromatic nitrogens is 1. The Labute approximate surface area is 245 Å². The quantitative estimate of drug-likeness (QED) is 0.139. The molecule has 1 aromatic heterocycles. The molecule has 0 unspecified atom stereocenters. The van der Waals surface area contributed by atoms with Crippen molar-refractivity contribution in [2.24, 2.45) is 0 Å². The fourth-order valence-corrected chi connectivity index (χ4v) is 6.61. The molecule has 40 heavy (non-hydrogen) atoms. The fourth-order valence-electron chi connectivity index (χ4n) is 3.89. The first-order valence-corrected chi connectivity index (χ1v) is 20.5. The predicted octanol–water partition coefficient (Wildman–Crippen LogP) is 7.78. The number of hydrogen-bond acceptors (Lipinski definition) is 7. The number of esters is 1. The second-order valence-corrected chi connectivity index (χ2v) is 23.7. The molecule has 0 amide bonds. The van der Waals surface area contributed by atoms with E-state index in [1.54, 1.807) is 12.4 Å². The van der Waals surface area contributed by atoms with Crippen LogP contribution in [0.5, 0.6) is 0 Å². The number of ether oxygens (including phenoxy) is 3. The summed E-state index contributed by atoms with van der Waals surface area (Å²) in [5, 5.41) is 0.182. The van der Waals surface area contributed by atoms with Gasteiger partial charge in [-0.2, -0.15) is 0 Å². The van der Waals surface area contributed by atoms with Crippen LogP contribution in [0.3, 0.4) is 0 Å². The first-order valence-electron chi connectivity index (χ1n) is 14.7. The van der Waals surface area contributed by atoms with Crippen LogP contribution in [0, 0.1) is 0 Å². The van der Waals surface area contributed by atoms with Crippen molar-refractivity contribution in [1.29, 1.82) is 0 Å². The van der Waals surface area contributed by atoms with Gasteiger partial charge in [-0.3, -0.25) is 4.98 Å². The number of carbonyl (C=O) groups is 1. The molecule has 0 saturated carbocycles. The van der Waals surface area contributed by atoms with E-state index in [4.69, 9.17) is 23.1 Å². The Balaban J connectivity index is 2.00. The molecule has 0 radical (unpaired) electrons. The third-order valence-corrected chi connectivity index (χ3v) is 17.6. The van der Waals surface area contributed by atoms with E-state index in [9.17, 15) is 4.79 Å². The molecule has 228 valence electrons. The largest absolute Gasteiger partial charge is 0.458 e. The smallest absolute Gasteiger partial charge is 0.330 e. The molecule has 0 bridgehead atoms. The maximum absolute atomic E-state index is 12.1. The van der Waals surface area contributed by atoms with Gasteiger partial charge in [0.05, 0.1) is 24.4 Å². The highest BCUT2D eigenvalue weighted by molar-refractivity contribution is 6.74. The van der Waals surface area contributed by atoms with Gasteiger partial charge in [0, 0.05) is 30.5 Å². The average Bonchev–Trinajstić information content (AvgIpc) is 2.82. The van der Waals surface area contributed by atoms with Crippen LogP contribution in [0.4, 0.5) is 0 Å². The van der Waals surface area contributed by atoms with Crippen molar-refractivity contribution in [2.45, 2.75) is 148 Å². The van der Waals surface area contributed by atoms with Crippen LogP contribution in [-0.4, -0.2) is 58.3 Å². The topological polar surface area (TPSA) is 76.1 Å². The van der Waals surface area contributed by atoms with Gasteiger partial charge in [-0.25, -0.2) is 4.79 Å². The molecule has 0 N–H and O–H groups in total. The molecule has 9 heteroatoms. The van der Waals surface area contributed by atoms with E-state index in [1.165, 1.54) is 6.08 Å². The number of rotatable bonds is 12. The van der Waals surface area contributed by atoms with Gasteiger partial charge in [0.2, 0.25) is 0 Å². The van der Waals surface area contributed by atoms with Crippen LogP contribution in [-0.2, 0) is 34.5 Å². The van der Waals surface area contributed by atoms with E-state index in [0.29, 0.717) is 6.42 Å². The molecule has 7 nitrogen and oxygen atoms in total. The molecule has 0 aliphatic carbocycles. The second-order valence-electron chi connectivity index (χ2n) is 14.2. The third kappa shape index (κ3) is 10.5. The summed E-state index contributed by atoms with van der Waals surface area (Å²) in [6.07, 6.45) is 8.01. The maximum atomic E-state index is 12.1. The number of pyridine rings is 1. The second kappa shape index (κ2) is 14.2. The van der Waals surface area contributed by atoms with E-state index in [1.807, 2.05) is 25.1 Å². The Kier molecular flexibility index (Phi) is 12.4. The van der Waals surface area contributed by atoms with Gasteiger partial charge in [0.1, 0.15) is 6.61 Å². The van der Waals surface area contributed by atoms with Gasteiger partial charge >= 0.3 is 5.97 Å². The minimum absolute atomic E-state index is 0.0357. The zero-order chi connectivity index (χ0) is 30.4. The molecule has 1 aliphatic rings. The molecule has 5 atom stereocenters. The van der Waals surface area contributed by atoms with Crippen LogP contribution < -0.4 is 0 Å². The Hall–Kier alpha value is -1.37. The predicted molar refractivity (Wildman–Crippen MR) is 166 cm³/mol. The Morgan fingerprint density at radius 2 is 1.68 bits per heavy atom. The molecule has 1 aliphatic heterocycles. The SMILES string of the molecule is C[C@H](CC/C=C/C(=O)OCc1cccnc1)O[C@@H]1O[C@@H](C)[C@H](O[Si](C)(C)C(C)(C)C)C[C@H]1O[Si](C)(C)C(C)(C)C. The summed E-state index contributed by atoms with van der Waals surface area (Å²) in [6, 6.07) is 3.70. The maximum Gasteiger partial charge on any atom is 0.330 e. The molecular weight excluding hydrogens is 539 g/mol. The summed E-state index contributed by atoms with van der Waals surface area (Å²) in [6.45, 7) is 27.0. The molecule has 1 fully saturated rings.